The van der Waals surface area contributed by atoms with E-state index in [1.807, 2.05) is 6.07 Å². The number of fused-ring (bicyclic) bond motifs is 1. The van der Waals surface area contributed by atoms with Crippen LogP contribution in [-0.4, -0.2) is 31.8 Å². The van der Waals surface area contributed by atoms with Gasteiger partial charge in [-0.25, -0.2) is 4.79 Å². The molecular weight excluding hydrogens is 344 g/mol. The smallest absolute Gasteiger partial charge is 0.332 e. The number of aromatic nitrogens is 4. The summed E-state index contributed by atoms with van der Waals surface area (Å²) < 4.78 is 4.19. The largest absolute Gasteiger partial charge is 0.354 e. The highest BCUT2D eigenvalue weighted by Gasteiger charge is 2.18. The van der Waals surface area contributed by atoms with E-state index in [4.69, 9.17) is 17.3 Å². The van der Waals surface area contributed by atoms with E-state index >= 15 is 0 Å². The Kier molecular flexibility index (Phi) is 4.65. The van der Waals surface area contributed by atoms with Crippen molar-refractivity contribution in [3.05, 3.63) is 55.7 Å². The number of rotatable bonds is 5. The van der Waals surface area contributed by atoms with Gasteiger partial charge in [-0.15, -0.1) is 0 Å². The highest BCUT2D eigenvalue weighted by atomic mass is 35.5. The Hall–Kier alpha value is -2.58. The van der Waals surface area contributed by atoms with Crippen LogP contribution in [0.3, 0.4) is 0 Å². The van der Waals surface area contributed by atoms with Crippen LogP contribution < -0.4 is 22.3 Å². The van der Waals surface area contributed by atoms with Crippen molar-refractivity contribution in [3.8, 4) is 0 Å². The second kappa shape index (κ2) is 6.73. The first-order valence-electron chi connectivity index (χ1n) is 7.78. The van der Waals surface area contributed by atoms with Crippen molar-refractivity contribution in [3.63, 3.8) is 0 Å². The number of halogens is 1. The number of benzene rings is 1. The molecule has 0 fully saturated rings. The molecule has 0 radical (unpaired) electrons. The number of aryl methyl sites for hydroxylation is 2. The van der Waals surface area contributed by atoms with Crippen molar-refractivity contribution in [2.24, 2.45) is 19.8 Å². The van der Waals surface area contributed by atoms with Gasteiger partial charge in [-0.1, -0.05) is 23.7 Å². The Morgan fingerprint density at radius 1 is 1.24 bits per heavy atom. The van der Waals surface area contributed by atoms with Crippen LogP contribution >= 0.6 is 11.6 Å². The molecule has 3 N–H and O–H groups in total. The summed E-state index contributed by atoms with van der Waals surface area (Å²) in [5.41, 5.74) is 6.13. The second-order valence-electron chi connectivity index (χ2n) is 5.74. The molecule has 0 unspecified atom stereocenters. The van der Waals surface area contributed by atoms with Crippen molar-refractivity contribution in [2.45, 2.75) is 6.54 Å². The van der Waals surface area contributed by atoms with Crippen LogP contribution in [0.2, 0.25) is 5.02 Å². The molecule has 0 atom stereocenters. The molecule has 2 heterocycles. The SMILES string of the molecule is Cn1c(NCCN)nc2c1c(=O)n(Cc1cccc(Cl)c1)c(=O)n2C. The molecule has 132 valence electrons. The maximum absolute atomic E-state index is 12.9. The van der Waals surface area contributed by atoms with Crippen molar-refractivity contribution >= 4 is 28.7 Å². The summed E-state index contributed by atoms with van der Waals surface area (Å²) in [5.74, 6) is 0.494. The molecule has 9 heteroatoms. The molecule has 8 nitrogen and oxygen atoms in total. The minimum absolute atomic E-state index is 0.138. The Morgan fingerprint density at radius 3 is 2.68 bits per heavy atom. The fraction of sp³-hybridized carbons (Fsp3) is 0.312. The maximum Gasteiger partial charge on any atom is 0.332 e. The average Bonchev–Trinajstić information content (AvgIpc) is 2.92. The molecule has 1 aromatic carbocycles. The van der Waals surface area contributed by atoms with Gasteiger partial charge in [0.15, 0.2) is 11.2 Å². The van der Waals surface area contributed by atoms with Gasteiger partial charge in [0.05, 0.1) is 6.54 Å². The van der Waals surface area contributed by atoms with E-state index < -0.39 is 11.2 Å². The van der Waals surface area contributed by atoms with E-state index in [0.29, 0.717) is 35.2 Å². The van der Waals surface area contributed by atoms with Crippen LogP contribution in [0.25, 0.3) is 11.2 Å². The lowest BCUT2D eigenvalue weighted by Gasteiger charge is -2.09. The van der Waals surface area contributed by atoms with Gasteiger partial charge >= 0.3 is 5.69 Å². The van der Waals surface area contributed by atoms with Gasteiger partial charge in [-0.05, 0) is 17.7 Å². The molecule has 2 aromatic heterocycles. The summed E-state index contributed by atoms with van der Waals surface area (Å²) in [6.07, 6.45) is 0. The third-order valence-electron chi connectivity index (χ3n) is 4.02. The van der Waals surface area contributed by atoms with Gasteiger partial charge < -0.3 is 15.6 Å². The van der Waals surface area contributed by atoms with Gasteiger partial charge in [0, 0.05) is 32.2 Å². The minimum atomic E-state index is -0.430. The highest BCUT2D eigenvalue weighted by molar-refractivity contribution is 6.30. The number of hydrogen-bond donors (Lipinski definition) is 2. The van der Waals surface area contributed by atoms with Gasteiger partial charge in [0.2, 0.25) is 5.95 Å². The molecule has 0 spiro atoms. The predicted molar refractivity (Wildman–Crippen MR) is 98.3 cm³/mol. The highest BCUT2D eigenvalue weighted by Crippen LogP contribution is 2.14. The van der Waals surface area contributed by atoms with Crippen molar-refractivity contribution in [1.82, 2.24) is 18.7 Å². The lowest BCUT2D eigenvalue weighted by atomic mass is 10.2. The first kappa shape index (κ1) is 17.2. The Labute approximate surface area is 148 Å². The summed E-state index contributed by atoms with van der Waals surface area (Å²) in [6, 6.07) is 7.07. The normalized spacial score (nSPS) is 11.2. The Bertz CT molecular complexity index is 1050. The first-order valence-corrected chi connectivity index (χ1v) is 8.16. The van der Waals surface area contributed by atoms with Gasteiger partial charge in [-0.3, -0.25) is 13.9 Å². The number of nitrogens with one attached hydrogen (secondary N) is 1. The molecule has 0 saturated heterocycles. The van der Waals surface area contributed by atoms with Crippen molar-refractivity contribution in [2.75, 3.05) is 18.4 Å². The first-order chi connectivity index (χ1) is 11.9. The zero-order chi connectivity index (χ0) is 18.1. The second-order valence-corrected chi connectivity index (χ2v) is 6.18. The van der Waals surface area contributed by atoms with Crippen LogP contribution in [0.15, 0.2) is 33.9 Å². The quantitative estimate of drug-likeness (QED) is 0.688. The van der Waals surface area contributed by atoms with Crippen molar-refractivity contribution in [1.29, 1.82) is 0 Å². The van der Waals surface area contributed by atoms with Gasteiger partial charge in [-0.2, -0.15) is 4.98 Å². The lowest BCUT2D eigenvalue weighted by molar-refractivity contribution is 0.655. The third-order valence-corrected chi connectivity index (χ3v) is 4.25. The van der Waals surface area contributed by atoms with Crippen LogP contribution in [0, 0.1) is 0 Å². The number of hydrogen-bond acceptors (Lipinski definition) is 5. The number of nitrogens with zero attached hydrogens (tertiary/aromatic N) is 4. The molecule has 3 rings (SSSR count). The van der Waals surface area contributed by atoms with E-state index in [0.717, 1.165) is 5.56 Å². The standard InChI is InChI=1S/C16H19ClN6O2/c1-21-12-13(20-15(21)19-7-6-18)22(2)16(25)23(14(12)24)9-10-4-3-5-11(17)8-10/h3-5,8H,6-7,9,18H2,1-2H3,(H,19,20). The molecular formula is C16H19ClN6O2. The maximum atomic E-state index is 12.9. The molecule has 0 amide bonds. The van der Waals surface area contributed by atoms with E-state index in [1.54, 1.807) is 36.9 Å². The lowest BCUT2D eigenvalue weighted by Crippen LogP contribution is -2.39. The van der Waals surface area contributed by atoms with Crippen LogP contribution in [0.1, 0.15) is 5.56 Å². The summed E-state index contributed by atoms with van der Waals surface area (Å²) in [5, 5.41) is 3.60. The van der Waals surface area contributed by atoms with Crippen LogP contribution in [-0.2, 0) is 20.6 Å². The summed E-state index contributed by atoms with van der Waals surface area (Å²) in [4.78, 5) is 29.9. The summed E-state index contributed by atoms with van der Waals surface area (Å²) in [7, 11) is 3.32. The van der Waals surface area contributed by atoms with Crippen LogP contribution in [0.5, 0.6) is 0 Å². The predicted octanol–water partition coefficient (Wildman–Crippen LogP) is 0.506. The zero-order valence-corrected chi connectivity index (χ0v) is 14.7. The van der Waals surface area contributed by atoms with Crippen molar-refractivity contribution < 1.29 is 0 Å². The Morgan fingerprint density at radius 2 is 2.00 bits per heavy atom. The zero-order valence-electron chi connectivity index (χ0n) is 14.0. The topological polar surface area (TPSA) is 99.9 Å². The molecule has 0 bridgehead atoms. The van der Waals surface area contributed by atoms with E-state index in [9.17, 15) is 9.59 Å². The third kappa shape index (κ3) is 3.06. The van der Waals surface area contributed by atoms with Gasteiger partial charge in [0.1, 0.15) is 0 Å². The van der Waals surface area contributed by atoms with Gasteiger partial charge in [0.25, 0.3) is 5.56 Å². The van der Waals surface area contributed by atoms with E-state index in [2.05, 4.69) is 10.3 Å². The fourth-order valence-corrected chi connectivity index (χ4v) is 2.96. The molecule has 25 heavy (non-hydrogen) atoms. The summed E-state index contributed by atoms with van der Waals surface area (Å²) >= 11 is 5.99. The minimum Gasteiger partial charge on any atom is -0.354 e. The molecule has 0 aliphatic carbocycles. The monoisotopic (exact) mass is 362 g/mol. The molecule has 0 saturated carbocycles. The number of anilines is 1. The van der Waals surface area contributed by atoms with Crippen LogP contribution in [0.4, 0.5) is 5.95 Å². The number of imidazole rings is 1. The summed E-state index contributed by atoms with van der Waals surface area (Å²) in [6.45, 7) is 1.09. The molecule has 0 aliphatic heterocycles. The Balaban J connectivity index is 2.18. The van der Waals surface area contributed by atoms with E-state index in [1.165, 1.54) is 9.13 Å². The fourth-order valence-electron chi connectivity index (χ4n) is 2.74. The van der Waals surface area contributed by atoms with E-state index in [-0.39, 0.29) is 6.54 Å². The molecule has 0 aliphatic rings. The number of nitrogens with two attached hydrogens (primary N) is 1. The molecule has 3 aromatic rings. The average molecular weight is 363 g/mol.